The fourth-order valence-corrected chi connectivity index (χ4v) is 4.46. The van der Waals surface area contributed by atoms with Crippen LogP contribution in [0.25, 0.3) is 21.8 Å². The van der Waals surface area contributed by atoms with Gasteiger partial charge in [-0.05, 0) is 55.7 Å². The summed E-state index contributed by atoms with van der Waals surface area (Å²) in [7, 11) is 0. The molecular weight excluding hydrogens is 352 g/mol. The predicted molar refractivity (Wildman–Crippen MR) is 127 cm³/mol. The molecule has 0 aliphatic rings. The lowest BCUT2D eigenvalue weighted by Crippen LogP contribution is -2.07. The third-order valence-electron chi connectivity index (χ3n) is 6.11. The van der Waals surface area contributed by atoms with E-state index in [1.807, 2.05) is 12.3 Å². The molecule has 2 heteroatoms. The Morgan fingerprint density at radius 1 is 0.655 bits per heavy atom. The molecule has 2 aromatic heterocycles. The molecule has 0 fully saturated rings. The van der Waals surface area contributed by atoms with Gasteiger partial charge in [0.05, 0.1) is 11.0 Å². The fourth-order valence-electron chi connectivity index (χ4n) is 4.46. The molecule has 0 spiro atoms. The topological polar surface area (TPSA) is 25.8 Å². The van der Waals surface area contributed by atoms with E-state index in [4.69, 9.17) is 9.97 Å². The Bertz CT molecular complexity index is 913. The number of aromatic nitrogens is 2. The highest BCUT2D eigenvalue weighted by molar-refractivity contribution is 6.04. The second-order valence-electron chi connectivity index (χ2n) is 8.42. The van der Waals surface area contributed by atoms with Gasteiger partial charge in [0.2, 0.25) is 0 Å². The van der Waals surface area contributed by atoms with E-state index >= 15 is 0 Å². The third kappa shape index (κ3) is 5.35. The average molecular weight is 391 g/mol. The second kappa shape index (κ2) is 11.3. The van der Waals surface area contributed by atoms with E-state index in [1.54, 1.807) is 11.1 Å². The Kier molecular flexibility index (Phi) is 8.46. The SMILES string of the molecule is CCCCCc1nc2c(ccc3cccnc32)c(CCCCC)c1CCCCC. The number of fused-ring (bicyclic) bond motifs is 3. The summed E-state index contributed by atoms with van der Waals surface area (Å²) in [4.78, 5) is 10.0. The van der Waals surface area contributed by atoms with Crippen LogP contribution in [-0.2, 0) is 19.3 Å². The van der Waals surface area contributed by atoms with Gasteiger partial charge in [-0.2, -0.15) is 0 Å². The van der Waals surface area contributed by atoms with E-state index in [0.717, 1.165) is 17.5 Å². The van der Waals surface area contributed by atoms with Gasteiger partial charge in [0.25, 0.3) is 0 Å². The maximum Gasteiger partial charge on any atom is 0.0970 e. The number of benzene rings is 1. The monoisotopic (exact) mass is 390 g/mol. The minimum Gasteiger partial charge on any atom is -0.254 e. The van der Waals surface area contributed by atoms with Crippen LogP contribution in [-0.4, -0.2) is 9.97 Å². The highest BCUT2D eigenvalue weighted by atomic mass is 14.8. The lowest BCUT2D eigenvalue weighted by Gasteiger charge is -2.18. The maximum atomic E-state index is 5.28. The molecule has 0 aliphatic heterocycles. The summed E-state index contributed by atoms with van der Waals surface area (Å²) in [5, 5.41) is 2.54. The van der Waals surface area contributed by atoms with Crippen molar-refractivity contribution in [1.82, 2.24) is 9.97 Å². The van der Waals surface area contributed by atoms with Gasteiger partial charge in [-0.3, -0.25) is 9.97 Å². The molecule has 29 heavy (non-hydrogen) atoms. The number of unbranched alkanes of at least 4 members (excludes halogenated alkanes) is 6. The third-order valence-corrected chi connectivity index (χ3v) is 6.11. The molecule has 0 N–H and O–H groups in total. The Hall–Kier alpha value is -1.96. The molecule has 1 aromatic carbocycles. The molecule has 0 bridgehead atoms. The van der Waals surface area contributed by atoms with Crippen molar-refractivity contribution in [1.29, 1.82) is 0 Å². The van der Waals surface area contributed by atoms with Crippen molar-refractivity contribution in [2.24, 2.45) is 0 Å². The maximum absolute atomic E-state index is 5.28. The average Bonchev–Trinajstić information content (AvgIpc) is 2.75. The number of hydrogen-bond donors (Lipinski definition) is 0. The molecule has 0 atom stereocenters. The molecule has 3 rings (SSSR count). The Labute approximate surface area is 177 Å². The zero-order valence-electron chi connectivity index (χ0n) is 18.8. The van der Waals surface area contributed by atoms with E-state index in [9.17, 15) is 0 Å². The first-order valence-corrected chi connectivity index (χ1v) is 12.0. The van der Waals surface area contributed by atoms with E-state index in [-0.39, 0.29) is 0 Å². The Balaban J connectivity index is 2.15. The zero-order chi connectivity index (χ0) is 20.5. The van der Waals surface area contributed by atoms with Crippen LogP contribution >= 0.6 is 0 Å². The molecule has 3 aromatic rings. The van der Waals surface area contributed by atoms with Crippen LogP contribution < -0.4 is 0 Å². The summed E-state index contributed by atoms with van der Waals surface area (Å²) in [5.74, 6) is 0. The zero-order valence-corrected chi connectivity index (χ0v) is 18.8. The smallest absolute Gasteiger partial charge is 0.0970 e. The van der Waals surface area contributed by atoms with Crippen molar-refractivity contribution in [3.8, 4) is 0 Å². The van der Waals surface area contributed by atoms with Gasteiger partial charge in [-0.15, -0.1) is 0 Å². The molecule has 0 unspecified atom stereocenters. The number of nitrogens with zero attached hydrogens (tertiary/aromatic N) is 2. The van der Waals surface area contributed by atoms with Crippen LogP contribution in [0.2, 0.25) is 0 Å². The highest BCUT2D eigenvalue weighted by Crippen LogP contribution is 2.31. The van der Waals surface area contributed by atoms with Gasteiger partial charge < -0.3 is 0 Å². The summed E-state index contributed by atoms with van der Waals surface area (Å²) in [5.41, 5.74) is 6.68. The second-order valence-corrected chi connectivity index (χ2v) is 8.42. The summed E-state index contributed by atoms with van der Waals surface area (Å²) in [6.45, 7) is 6.87. The number of pyridine rings is 2. The highest BCUT2D eigenvalue weighted by Gasteiger charge is 2.16. The van der Waals surface area contributed by atoms with Crippen LogP contribution in [0, 0.1) is 0 Å². The van der Waals surface area contributed by atoms with Crippen LogP contribution in [0.1, 0.15) is 95.4 Å². The first-order valence-electron chi connectivity index (χ1n) is 12.0. The summed E-state index contributed by atoms with van der Waals surface area (Å²) >= 11 is 0. The number of hydrogen-bond acceptors (Lipinski definition) is 2. The fraction of sp³-hybridized carbons (Fsp3) is 0.556. The van der Waals surface area contributed by atoms with Gasteiger partial charge in [0.15, 0.2) is 0 Å². The lowest BCUT2D eigenvalue weighted by atomic mass is 9.90. The minimum absolute atomic E-state index is 1.07. The van der Waals surface area contributed by atoms with Crippen LogP contribution in [0.3, 0.4) is 0 Å². The van der Waals surface area contributed by atoms with Gasteiger partial charge in [0.1, 0.15) is 0 Å². The summed E-state index contributed by atoms with van der Waals surface area (Å²) in [6.07, 6.45) is 16.8. The normalized spacial score (nSPS) is 11.6. The molecule has 0 saturated carbocycles. The Morgan fingerprint density at radius 3 is 2.00 bits per heavy atom. The van der Waals surface area contributed by atoms with Gasteiger partial charge >= 0.3 is 0 Å². The Morgan fingerprint density at radius 2 is 1.31 bits per heavy atom. The van der Waals surface area contributed by atoms with Crippen LogP contribution in [0.4, 0.5) is 0 Å². The molecule has 156 valence electrons. The van der Waals surface area contributed by atoms with E-state index < -0.39 is 0 Å². The number of aryl methyl sites for hydroxylation is 2. The summed E-state index contributed by atoms with van der Waals surface area (Å²) < 4.78 is 0. The first kappa shape index (κ1) is 21.7. The van der Waals surface area contributed by atoms with Crippen molar-refractivity contribution in [2.45, 2.75) is 97.8 Å². The quantitative estimate of drug-likeness (QED) is 0.231. The van der Waals surface area contributed by atoms with Crippen molar-refractivity contribution >= 4 is 21.8 Å². The van der Waals surface area contributed by atoms with Crippen molar-refractivity contribution in [2.75, 3.05) is 0 Å². The van der Waals surface area contributed by atoms with Crippen molar-refractivity contribution < 1.29 is 0 Å². The van der Waals surface area contributed by atoms with Gasteiger partial charge in [-0.25, -0.2) is 0 Å². The van der Waals surface area contributed by atoms with Crippen LogP contribution in [0.15, 0.2) is 30.5 Å². The van der Waals surface area contributed by atoms with Crippen molar-refractivity contribution in [3.63, 3.8) is 0 Å². The largest absolute Gasteiger partial charge is 0.254 e. The number of rotatable bonds is 12. The molecule has 0 aliphatic carbocycles. The van der Waals surface area contributed by atoms with E-state index in [1.165, 1.54) is 87.1 Å². The standard InChI is InChI=1S/C27H38N2/c1-4-7-10-15-22-23(16-11-8-5-2)25(17-12-9-6-3)29-27-24(22)19-18-21-14-13-20-28-26(21)27/h13-14,18-20H,4-12,15-17H2,1-3H3. The minimum atomic E-state index is 1.07. The van der Waals surface area contributed by atoms with Crippen molar-refractivity contribution in [3.05, 3.63) is 47.3 Å². The van der Waals surface area contributed by atoms with E-state index in [0.29, 0.717) is 0 Å². The molecule has 2 heterocycles. The molecule has 2 nitrogen and oxygen atoms in total. The molecule has 0 saturated heterocycles. The van der Waals surface area contributed by atoms with Crippen LogP contribution in [0.5, 0.6) is 0 Å². The van der Waals surface area contributed by atoms with Gasteiger partial charge in [0, 0.05) is 22.7 Å². The summed E-state index contributed by atoms with van der Waals surface area (Å²) in [6, 6.07) is 8.73. The lowest BCUT2D eigenvalue weighted by molar-refractivity contribution is 0.672. The predicted octanol–water partition coefficient (Wildman–Crippen LogP) is 7.98. The van der Waals surface area contributed by atoms with E-state index in [2.05, 4.69) is 39.0 Å². The first-order chi connectivity index (χ1) is 14.3. The molecular formula is C27H38N2. The molecule has 0 radical (unpaired) electrons. The molecule has 0 amide bonds. The van der Waals surface area contributed by atoms with Gasteiger partial charge in [-0.1, -0.05) is 77.5 Å².